The second kappa shape index (κ2) is 5.83. The Labute approximate surface area is 126 Å². The number of aryl methyl sites for hydroxylation is 3. The van der Waals surface area contributed by atoms with Gasteiger partial charge in [-0.2, -0.15) is 5.10 Å². The fraction of sp³-hybridized carbons (Fsp3) is 0.357. The second-order valence-electron chi connectivity index (χ2n) is 4.63. The van der Waals surface area contributed by atoms with Crippen LogP contribution in [0.5, 0.6) is 5.88 Å². The molecule has 2 aromatic rings. The summed E-state index contributed by atoms with van der Waals surface area (Å²) < 4.78 is 21.1. The van der Waals surface area contributed by atoms with Gasteiger partial charge in [-0.15, -0.1) is 0 Å². The maximum atomic E-state index is 13.6. The van der Waals surface area contributed by atoms with Gasteiger partial charge in [0.25, 0.3) is 0 Å². The van der Waals surface area contributed by atoms with E-state index in [1.807, 2.05) is 20.9 Å². The molecule has 0 radical (unpaired) electrons. The summed E-state index contributed by atoms with van der Waals surface area (Å²) in [6, 6.07) is 3.24. The van der Waals surface area contributed by atoms with Gasteiger partial charge >= 0.3 is 0 Å². The van der Waals surface area contributed by atoms with Gasteiger partial charge in [-0.25, -0.2) is 9.07 Å². The quantitative estimate of drug-likeness (QED) is 0.924. The van der Waals surface area contributed by atoms with E-state index in [1.165, 1.54) is 6.07 Å². The first-order valence-corrected chi connectivity index (χ1v) is 6.99. The molecule has 4 nitrogen and oxygen atoms in total. The molecule has 0 unspecified atom stereocenters. The van der Waals surface area contributed by atoms with E-state index in [2.05, 4.69) is 26.3 Å². The molecule has 0 spiro atoms. The molecule has 0 aliphatic heterocycles. The van der Waals surface area contributed by atoms with E-state index < -0.39 is 0 Å². The van der Waals surface area contributed by atoms with Crippen LogP contribution in [-0.2, 0) is 13.6 Å². The van der Waals surface area contributed by atoms with E-state index in [0.717, 1.165) is 22.5 Å². The minimum absolute atomic E-state index is 0.284. The van der Waals surface area contributed by atoms with E-state index in [1.54, 1.807) is 17.9 Å². The molecule has 0 amide bonds. The van der Waals surface area contributed by atoms with Crippen LogP contribution in [0.1, 0.15) is 16.8 Å². The fourth-order valence-electron chi connectivity index (χ4n) is 2.16. The van der Waals surface area contributed by atoms with Gasteiger partial charge in [-0.3, -0.25) is 0 Å². The van der Waals surface area contributed by atoms with Crippen molar-refractivity contribution in [1.82, 2.24) is 9.78 Å². The minimum atomic E-state index is -0.284. The van der Waals surface area contributed by atoms with Crippen LogP contribution in [0.3, 0.4) is 0 Å². The highest BCUT2D eigenvalue weighted by molar-refractivity contribution is 9.10. The lowest BCUT2D eigenvalue weighted by molar-refractivity contribution is 0.370. The predicted octanol–water partition coefficient (Wildman–Crippen LogP) is 3.56. The number of anilines is 1. The maximum Gasteiger partial charge on any atom is 0.216 e. The van der Waals surface area contributed by atoms with Crippen LogP contribution in [0.15, 0.2) is 16.6 Å². The first-order valence-electron chi connectivity index (χ1n) is 6.20. The number of hydrogen-bond acceptors (Lipinski definition) is 3. The highest BCUT2D eigenvalue weighted by atomic mass is 79.9. The zero-order valence-electron chi connectivity index (χ0n) is 11.9. The number of hydrogen-bond donors (Lipinski definition) is 1. The number of rotatable bonds is 4. The Morgan fingerprint density at radius 2 is 2.10 bits per heavy atom. The van der Waals surface area contributed by atoms with Crippen LogP contribution in [0.4, 0.5) is 10.1 Å². The van der Waals surface area contributed by atoms with Crippen LogP contribution < -0.4 is 10.1 Å². The van der Waals surface area contributed by atoms with Crippen molar-refractivity contribution in [2.45, 2.75) is 20.4 Å². The Kier molecular flexibility index (Phi) is 4.32. The van der Waals surface area contributed by atoms with Gasteiger partial charge in [-0.05, 0) is 47.5 Å². The Morgan fingerprint density at radius 1 is 1.40 bits per heavy atom. The Hall–Kier alpha value is -1.56. The maximum absolute atomic E-state index is 13.6. The number of aromatic nitrogens is 2. The molecule has 1 aromatic heterocycles. The molecular weight excluding hydrogens is 325 g/mol. The highest BCUT2D eigenvalue weighted by Gasteiger charge is 2.14. The van der Waals surface area contributed by atoms with Crippen molar-refractivity contribution in [3.63, 3.8) is 0 Å². The molecule has 1 N–H and O–H groups in total. The summed E-state index contributed by atoms with van der Waals surface area (Å²) in [6.45, 7) is 4.39. The van der Waals surface area contributed by atoms with E-state index in [0.29, 0.717) is 16.9 Å². The molecule has 0 fully saturated rings. The summed E-state index contributed by atoms with van der Waals surface area (Å²) in [5.74, 6) is 0.429. The first kappa shape index (κ1) is 14.8. The summed E-state index contributed by atoms with van der Waals surface area (Å²) in [4.78, 5) is 0. The summed E-state index contributed by atoms with van der Waals surface area (Å²) in [6.07, 6.45) is 0. The van der Waals surface area contributed by atoms with Crippen LogP contribution >= 0.6 is 15.9 Å². The third-order valence-electron chi connectivity index (χ3n) is 3.21. The van der Waals surface area contributed by atoms with E-state index in [-0.39, 0.29) is 5.82 Å². The summed E-state index contributed by atoms with van der Waals surface area (Å²) >= 11 is 3.18. The number of halogens is 2. The lowest BCUT2D eigenvalue weighted by Crippen LogP contribution is -2.04. The Morgan fingerprint density at radius 3 is 2.75 bits per heavy atom. The van der Waals surface area contributed by atoms with Crippen LogP contribution in [0.2, 0.25) is 0 Å². The molecule has 20 heavy (non-hydrogen) atoms. The average molecular weight is 342 g/mol. The van der Waals surface area contributed by atoms with Crippen LogP contribution in [0, 0.1) is 19.7 Å². The molecule has 6 heteroatoms. The van der Waals surface area contributed by atoms with Gasteiger partial charge in [0.2, 0.25) is 5.88 Å². The van der Waals surface area contributed by atoms with E-state index >= 15 is 0 Å². The van der Waals surface area contributed by atoms with Crippen molar-refractivity contribution in [2.75, 3.05) is 12.4 Å². The molecule has 0 saturated carbocycles. The molecular formula is C14H17BrFN3O. The largest absolute Gasteiger partial charge is 0.481 e. The zero-order chi connectivity index (χ0) is 14.9. The lowest BCUT2D eigenvalue weighted by Gasteiger charge is -2.11. The third-order valence-corrected chi connectivity index (χ3v) is 3.81. The van der Waals surface area contributed by atoms with Crippen LogP contribution in [-0.4, -0.2) is 16.9 Å². The van der Waals surface area contributed by atoms with Gasteiger partial charge in [0.05, 0.1) is 22.8 Å². The second-order valence-corrected chi connectivity index (χ2v) is 5.49. The molecule has 0 aliphatic rings. The normalized spacial score (nSPS) is 10.7. The molecule has 1 heterocycles. The van der Waals surface area contributed by atoms with E-state index in [4.69, 9.17) is 4.74 Å². The van der Waals surface area contributed by atoms with Crippen molar-refractivity contribution in [1.29, 1.82) is 0 Å². The monoisotopic (exact) mass is 341 g/mol. The molecule has 2 rings (SSSR count). The number of methoxy groups -OCH3 is 1. The highest BCUT2D eigenvalue weighted by Crippen LogP contribution is 2.26. The SMILES string of the molecule is COc1c(CNc2cc(F)c(Br)cc2C)c(C)nn1C. The summed E-state index contributed by atoms with van der Waals surface area (Å²) in [5, 5.41) is 7.55. The Balaban J connectivity index is 2.23. The number of nitrogens with one attached hydrogen (secondary N) is 1. The van der Waals surface area contributed by atoms with Gasteiger partial charge in [0.15, 0.2) is 0 Å². The molecule has 0 aliphatic carbocycles. The molecule has 0 saturated heterocycles. The number of ether oxygens (including phenoxy) is 1. The van der Waals surface area contributed by atoms with Crippen molar-refractivity contribution in [2.24, 2.45) is 7.05 Å². The van der Waals surface area contributed by atoms with Crippen LogP contribution in [0.25, 0.3) is 0 Å². The van der Waals surface area contributed by atoms with Crippen molar-refractivity contribution < 1.29 is 9.13 Å². The predicted molar refractivity (Wildman–Crippen MR) is 80.7 cm³/mol. The Bertz CT molecular complexity index is 640. The smallest absolute Gasteiger partial charge is 0.216 e. The van der Waals surface area contributed by atoms with Crippen molar-refractivity contribution in [3.05, 3.63) is 39.2 Å². The van der Waals surface area contributed by atoms with Gasteiger partial charge < -0.3 is 10.1 Å². The zero-order valence-corrected chi connectivity index (χ0v) is 13.5. The van der Waals surface area contributed by atoms with Crippen molar-refractivity contribution in [3.8, 4) is 5.88 Å². The summed E-state index contributed by atoms with van der Waals surface area (Å²) in [5.41, 5.74) is 3.60. The van der Waals surface area contributed by atoms with Gasteiger partial charge in [0.1, 0.15) is 5.82 Å². The topological polar surface area (TPSA) is 39.1 Å². The molecule has 1 aromatic carbocycles. The third kappa shape index (κ3) is 2.80. The van der Waals surface area contributed by atoms with E-state index in [9.17, 15) is 4.39 Å². The molecule has 0 bridgehead atoms. The summed E-state index contributed by atoms with van der Waals surface area (Å²) in [7, 11) is 3.45. The van der Waals surface area contributed by atoms with Crippen molar-refractivity contribution >= 4 is 21.6 Å². The molecule has 0 atom stereocenters. The number of benzene rings is 1. The minimum Gasteiger partial charge on any atom is -0.481 e. The van der Waals surface area contributed by atoms with Gasteiger partial charge in [0, 0.05) is 19.3 Å². The first-order chi connectivity index (χ1) is 9.43. The fourth-order valence-corrected chi connectivity index (χ4v) is 2.62. The lowest BCUT2D eigenvalue weighted by atomic mass is 10.2. The molecule has 108 valence electrons. The average Bonchev–Trinajstić information content (AvgIpc) is 2.66. The number of nitrogens with zero attached hydrogens (tertiary/aromatic N) is 2. The standard InChI is InChI=1S/C14H17BrFN3O/c1-8-5-11(15)12(16)6-13(8)17-7-10-9(2)18-19(3)14(10)20-4/h5-6,17H,7H2,1-4H3. The van der Waals surface area contributed by atoms with Gasteiger partial charge in [-0.1, -0.05) is 0 Å².